The first-order valence-electron chi connectivity index (χ1n) is 6.58. The zero-order chi connectivity index (χ0) is 14.3. The molecule has 3 nitrogen and oxygen atoms in total. The first-order valence-corrected chi connectivity index (χ1v) is 7.37. The standard InChI is InChI=1S/C14H14BrF2N3/c1-2-10-13(15)14-18-7-6-11(20(14)19-10)12-8(16)4-3-5-9(12)17/h3-5,11,18H,2,6-7H2,1H3. The van der Waals surface area contributed by atoms with Crippen molar-refractivity contribution in [3.8, 4) is 0 Å². The van der Waals surface area contributed by atoms with Crippen molar-refractivity contribution in [2.45, 2.75) is 25.8 Å². The van der Waals surface area contributed by atoms with Gasteiger partial charge in [0, 0.05) is 12.1 Å². The van der Waals surface area contributed by atoms with Crippen molar-refractivity contribution in [2.24, 2.45) is 0 Å². The quantitative estimate of drug-likeness (QED) is 0.897. The Morgan fingerprint density at radius 2 is 2.10 bits per heavy atom. The van der Waals surface area contributed by atoms with Gasteiger partial charge >= 0.3 is 0 Å². The summed E-state index contributed by atoms with van der Waals surface area (Å²) in [5.41, 5.74) is 0.976. The zero-order valence-electron chi connectivity index (χ0n) is 11.0. The van der Waals surface area contributed by atoms with E-state index >= 15 is 0 Å². The van der Waals surface area contributed by atoms with Gasteiger partial charge in [-0.3, -0.25) is 0 Å². The number of aryl methyl sites for hydroxylation is 1. The number of anilines is 1. The molecule has 1 aliphatic heterocycles. The summed E-state index contributed by atoms with van der Waals surface area (Å²) in [5.74, 6) is -0.249. The number of hydrogen-bond donors (Lipinski definition) is 1. The van der Waals surface area contributed by atoms with E-state index in [4.69, 9.17) is 0 Å². The van der Waals surface area contributed by atoms with Gasteiger partial charge in [0.15, 0.2) is 0 Å². The van der Waals surface area contributed by atoms with Gasteiger partial charge in [-0.05, 0) is 40.9 Å². The number of benzene rings is 1. The molecule has 1 aromatic heterocycles. The number of nitrogens with one attached hydrogen (secondary N) is 1. The number of rotatable bonds is 2. The molecule has 0 spiro atoms. The van der Waals surface area contributed by atoms with Crippen molar-refractivity contribution >= 4 is 21.7 Å². The lowest BCUT2D eigenvalue weighted by molar-refractivity contribution is 0.431. The minimum Gasteiger partial charge on any atom is -0.369 e. The molecule has 0 amide bonds. The normalized spacial score (nSPS) is 17.7. The highest BCUT2D eigenvalue weighted by Gasteiger charge is 2.29. The summed E-state index contributed by atoms with van der Waals surface area (Å²) in [5, 5.41) is 7.72. The molecule has 0 aliphatic carbocycles. The lowest BCUT2D eigenvalue weighted by Crippen LogP contribution is -2.26. The third kappa shape index (κ3) is 2.02. The van der Waals surface area contributed by atoms with Crippen LogP contribution < -0.4 is 5.32 Å². The van der Waals surface area contributed by atoms with Crippen LogP contribution in [-0.2, 0) is 6.42 Å². The van der Waals surface area contributed by atoms with Crippen LogP contribution in [0.2, 0.25) is 0 Å². The fourth-order valence-electron chi connectivity index (χ4n) is 2.62. The van der Waals surface area contributed by atoms with Gasteiger partial charge in [-0.2, -0.15) is 5.10 Å². The number of hydrogen-bond acceptors (Lipinski definition) is 2. The molecule has 106 valence electrons. The van der Waals surface area contributed by atoms with E-state index in [1.807, 2.05) is 6.92 Å². The van der Waals surface area contributed by atoms with Gasteiger partial charge in [0.05, 0.1) is 16.2 Å². The van der Waals surface area contributed by atoms with Crippen LogP contribution in [0.1, 0.15) is 30.6 Å². The molecule has 1 atom stereocenters. The van der Waals surface area contributed by atoms with Crippen molar-refractivity contribution in [3.63, 3.8) is 0 Å². The second-order valence-electron chi connectivity index (χ2n) is 4.77. The second-order valence-corrected chi connectivity index (χ2v) is 5.57. The molecule has 2 aromatic rings. The first-order chi connectivity index (χ1) is 9.63. The van der Waals surface area contributed by atoms with E-state index in [-0.39, 0.29) is 5.56 Å². The van der Waals surface area contributed by atoms with E-state index in [1.165, 1.54) is 18.2 Å². The molecule has 0 saturated carbocycles. The highest BCUT2D eigenvalue weighted by atomic mass is 79.9. The minimum absolute atomic E-state index is 0.0907. The summed E-state index contributed by atoms with van der Waals surface area (Å²) < 4.78 is 30.6. The van der Waals surface area contributed by atoms with Gasteiger partial charge in [-0.15, -0.1) is 0 Å². The smallest absolute Gasteiger partial charge is 0.139 e. The van der Waals surface area contributed by atoms with E-state index < -0.39 is 17.7 Å². The Labute approximate surface area is 124 Å². The van der Waals surface area contributed by atoms with E-state index in [1.54, 1.807) is 4.68 Å². The predicted octanol–water partition coefficient (Wildman–Crippen LogP) is 3.89. The molecule has 0 bridgehead atoms. The third-order valence-electron chi connectivity index (χ3n) is 3.59. The number of fused-ring (bicyclic) bond motifs is 1. The summed E-state index contributed by atoms with van der Waals surface area (Å²) in [6, 6.07) is 3.55. The van der Waals surface area contributed by atoms with Crippen LogP contribution in [0.4, 0.5) is 14.6 Å². The van der Waals surface area contributed by atoms with Crippen molar-refractivity contribution in [1.82, 2.24) is 9.78 Å². The monoisotopic (exact) mass is 341 g/mol. The first kappa shape index (κ1) is 13.5. The Hall–Kier alpha value is -1.43. The molecule has 0 fully saturated rings. The average molecular weight is 342 g/mol. The van der Waals surface area contributed by atoms with Crippen LogP contribution in [0.25, 0.3) is 0 Å². The maximum atomic E-state index is 14.0. The Kier molecular flexibility index (Phi) is 3.50. The Morgan fingerprint density at radius 1 is 1.40 bits per heavy atom. The average Bonchev–Trinajstić information content (AvgIpc) is 2.76. The van der Waals surface area contributed by atoms with E-state index in [2.05, 4.69) is 26.3 Å². The highest BCUT2D eigenvalue weighted by Crippen LogP contribution is 2.37. The molecule has 0 saturated heterocycles. The van der Waals surface area contributed by atoms with E-state index in [0.717, 1.165) is 22.4 Å². The van der Waals surface area contributed by atoms with Crippen LogP contribution in [0.15, 0.2) is 22.7 Å². The minimum atomic E-state index is -0.521. The number of halogens is 3. The molecule has 1 aromatic carbocycles. The molecular formula is C14H14BrF2N3. The van der Waals surface area contributed by atoms with Crippen LogP contribution in [0.3, 0.4) is 0 Å². The van der Waals surface area contributed by atoms with Gasteiger partial charge in [-0.1, -0.05) is 13.0 Å². The van der Waals surface area contributed by atoms with Crippen molar-refractivity contribution in [2.75, 3.05) is 11.9 Å². The van der Waals surface area contributed by atoms with Crippen molar-refractivity contribution < 1.29 is 8.78 Å². The summed E-state index contributed by atoms with van der Waals surface area (Å²) in [6.45, 7) is 2.66. The SMILES string of the molecule is CCc1nn2c(c1Br)NCCC2c1c(F)cccc1F. The lowest BCUT2D eigenvalue weighted by Gasteiger charge is -2.26. The predicted molar refractivity (Wildman–Crippen MR) is 76.9 cm³/mol. The largest absolute Gasteiger partial charge is 0.369 e. The molecule has 6 heteroatoms. The molecule has 1 aliphatic rings. The topological polar surface area (TPSA) is 29.9 Å². The van der Waals surface area contributed by atoms with E-state index in [0.29, 0.717) is 13.0 Å². The maximum Gasteiger partial charge on any atom is 0.139 e. The fraction of sp³-hybridized carbons (Fsp3) is 0.357. The summed E-state index contributed by atoms with van der Waals surface area (Å²) >= 11 is 3.50. The van der Waals surface area contributed by atoms with Crippen molar-refractivity contribution in [1.29, 1.82) is 0 Å². The molecule has 20 heavy (non-hydrogen) atoms. The van der Waals surface area contributed by atoms with Crippen LogP contribution in [0.5, 0.6) is 0 Å². The second kappa shape index (κ2) is 5.16. The Balaban J connectivity index is 2.15. The molecule has 0 radical (unpaired) electrons. The van der Waals surface area contributed by atoms with Crippen LogP contribution in [0, 0.1) is 11.6 Å². The fourth-order valence-corrected chi connectivity index (χ4v) is 3.30. The lowest BCUT2D eigenvalue weighted by atomic mass is 10.0. The Morgan fingerprint density at radius 3 is 2.75 bits per heavy atom. The van der Waals surface area contributed by atoms with E-state index in [9.17, 15) is 8.78 Å². The Bertz CT molecular complexity index is 634. The third-order valence-corrected chi connectivity index (χ3v) is 4.43. The highest BCUT2D eigenvalue weighted by molar-refractivity contribution is 9.10. The summed E-state index contributed by atoms with van der Waals surface area (Å²) in [7, 11) is 0. The van der Waals surface area contributed by atoms with Crippen LogP contribution in [-0.4, -0.2) is 16.3 Å². The number of aromatic nitrogens is 2. The van der Waals surface area contributed by atoms with Crippen molar-refractivity contribution in [3.05, 3.63) is 45.6 Å². The molecule has 1 N–H and O–H groups in total. The molecule has 1 unspecified atom stereocenters. The van der Waals surface area contributed by atoms with Gasteiger partial charge in [0.2, 0.25) is 0 Å². The zero-order valence-corrected chi connectivity index (χ0v) is 12.5. The van der Waals surface area contributed by atoms with Crippen LogP contribution >= 0.6 is 15.9 Å². The summed E-state index contributed by atoms with van der Waals surface area (Å²) in [6.07, 6.45) is 1.36. The maximum absolute atomic E-state index is 14.0. The van der Waals surface area contributed by atoms with Gasteiger partial charge in [-0.25, -0.2) is 13.5 Å². The molecule has 3 rings (SSSR count). The molecule has 2 heterocycles. The van der Waals surface area contributed by atoms with Gasteiger partial charge < -0.3 is 5.32 Å². The van der Waals surface area contributed by atoms with Gasteiger partial charge in [0.1, 0.15) is 17.5 Å². The molecular weight excluding hydrogens is 328 g/mol. The van der Waals surface area contributed by atoms with Gasteiger partial charge in [0.25, 0.3) is 0 Å². The number of nitrogens with zero attached hydrogens (tertiary/aromatic N) is 2. The summed E-state index contributed by atoms with van der Waals surface area (Å²) in [4.78, 5) is 0.